The van der Waals surface area contributed by atoms with E-state index in [1.807, 2.05) is 12.1 Å². The Hall–Kier alpha value is -1.51. The number of hydrogen-bond acceptors (Lipinski definition) is 2. The van der Waals surface area contributed by atoms with E-state index >= 15 is 0 Å². The van der Waals surface area contributed by atoms with Crippen LogP contribution in [0.2, 0.25) is 5.02 Å². The lowest BCUT2D eigenvalue weighted by Gasteiger charge is -2.21. The van der Waals surface area contributed by atoms with E-state index in [1.54, 1.807) is 0 Å². The smallest absolute Gasteiger partial charge is 0.0411 e. The highest BCUT2D eigenvalue weighted by Crippen LogP contribution is 2.24. The average Bonchev–Trinajstić information content (AvgIpc) is 3.04. The molecule has 1 fully saturated rings. The third-order valence-electron chi connectivity index (χ3n) is 4.00. The second-order valence-electron chi connectivity index (χ2n) is 5.55. The molecule has 0 amide bonds. The summed E-state index contributed by atoms with van der Waals surface area (Å²) in [5, 5.41) is 4.32. The van der Waals surface area contributed by atoms with Crippen LogP contribution in [0.5, 0.6) is 0 Å². The predicted octanol–water partition coefficient (Wildman–Crippen LogP) is 4.23. The quantitative estimate of drug-likeness (QED) is 0.889. The molecule has 1 heterocycles. The Balaban J connectivity index is 1.61. The van der Waals surface area contributed by atoms with Crippen LogP contribution >= 0.6 is 11.6 Å². The maximum atomic E-state index is 5.91. The number of nitrogens with one attached hydrogen (secondary N) is 1. The van der Waals surface area contributed by atoms with Crippen LogP contribution in [-0.4, -0.2) is 13.1 Å². The van der Waals surface area contributed by atoms with Crippen molar-refractivity contribution in [3.05, 3.63) is 64.7 Å². The standard InChI is InChI=1S/C18H21ClN2/c19-17-9-7-15(8-10-17)13-20-14-16-5-1-2-6-18(16)21-11-3-4-12-21/h1-2,5-10,20H,3-4,11-14H2. The molecule has 0 atom stereocenters. The van der Waals surface area contributed by atoms with E-state index in [1.165, 1.54) is 42.7 Å². The number of benzene rings is 2. The SMILES string of the molecule is Clc1ccc(CNCc2ccccc2N2CCCC2)cc1. The second kappa shape index (κ2) is 6.97. The summed E-state index contributed by atoms with van der Waals surface area (Å²) in [6.45, 7) is 4.14. The average molecular weight is 301 g/mol. The fourth-order valence-electron chi connectivity index (χ4n) is 2.87. The maximum absolute atomic E-state index is 5.91. The topological polar surface area (TPSA) is 15.3 Å². The number of rotatable bonds is 5. The number of para-hydroxylation sites is 1. The molecule has 0 spiro atoms. The summed E-state index contributed by atoms with van der Waals surface area (Å²) in [5.41, 5.74) is 4.03. The second-order valence-corrected chi connectivity index (χ2v) is 5.99. The molecule has 2 aromatic rings. The third kappa shape index (κ3) is 3.78. The Morgan fingerprint density at radius 3 is 2.38 bits per heavy atom. The highest BCUT2D eigenvalue weighted by atomic mass is 35.5. The van der Waals surface area contributed by atoms with Crippen LogP contribution in [0.3, 0.4) is 0 Å². The van der Waals surface area contributed by atoms with Gasteiger partial charge in [-0.15, -0.1) is 0 Å². The first-order chi connectivity index (χ1) is 10.3. The Morgan fingerprint density at radius 2 is 1.62 bits per heavy atom. The first-order valence-corrected chi connectivity index (χ1v) is 7.99. The van der Waals surface area contributed by atoms with Crippen molar-refractivity contribution in [3.8, 4) is 0 Å². The lowest BCUT2D eigenvalue weighted by molar-refractivity contribution is 0.691. The van der Waals surface area contributed by atoms with Crippen molar-refractivity contribution in [1.29, 1.82) is 0 Å². The number of anilines is 1. The first-order valence-electron chi connectivity index (χ1n) is 7.61. The van der Waals surface area contributed by atoms with E-state index < -0.39 is 0 Å². The molecule has 110 valence electrons. The molecule has 3 rings (SSSR count). The minimum absolute atomic E-state index is 0.790. The predicted molar refractivity (Wildman–Crippen MR) is 89.9 cm³/mol. The summed E-state index contributed by atoms with van der Waals surface area (Å²) in [6.07, 6.45) is 2.62. The van der Waals surface area contributed by atoms with Gasteiger partial charge in [0.1, 0.15) is 0 Å². The van der Waals surface area contributed by atoms with Gasteiger partial charge in [-0.25, -0.2) is 0 Å². The summed E-state index contributed by atoms with van der Waals surface area (Å²) in [4.78, 5) is 2.50. The zero-order chi connectivity index (χ0) is 14.5. The van der Waals surface area contributed by atoms with Gasteiger partial charge < -0.3 is 10.2 Å². The molecular formula is C18H21ClN2. The summed E-state index contributed by atoms with van der Waals surface area (Å²) >= 11 is 5.91. The van der Waals surface area contributed by atoms with Gasteiger partial charge in [0.2, 0.25) is 0 Å². The van der Waals surface area contributed by atoms with Crippen LogP contribution in [0.15, 0.2) is 48.5 Å². The van der Waals surface area contributed by atoms with Crippen molar-refractivity contribution in [3.63, 3.8) is 0 Å². The van der Waals surface area contributed by atoms with Crippen molar-refractivity contribution < 1.29 is 0 Å². The molecule has 1 saturated heterocycles. The van der Waals surface area contributed by atoms with Gasteiger partial charge in [-0.2, -0.15) is 0 Å². The number of nitrogens with zero attached hydrogens (tertiary/aromatic N) is 1. The van der Waals surface area contributed by atoms with Crippen LogP contribution in [0, 0.1) is 0 Å². The molecule has 0 unspecified atom stereocenters. The van der Waals surface area contributed by atoms with Gasteiger partial charge in [0.25, 0.3) is 0 Å². The van der Waals surface area contributed by atoms with Crippen molar-refractivity contribution >= 4 is 17.3 Å². The molecule has 21 heavy (non-hydrogen) atoms. The van der Waals surface area contributed by atoms with Crippen LogP contribution in [0.25, 0.3) is 0 Å². The van der Waals surface area contributed by atoms with Gasteiger partial charge in [-0.1, -0.05) is 41.9 Å². The summed E-state index contributed by atoms with van der Waals surface area (Å²) in [7, 11) is 0. The van der Waals surface area contributed by atoms with Crippen molar-refractivity contribution in [1.82, 2.24) is 5.32 Å². The largest absolute Gasteiger partial charge is 0.371 e. The van der Waals surface area contributed by atoms with Crippen molar-refractivity contribution in [2.45, 2.75) is 25.9 Å². The van der Waals surface area contributed by atoms with Crippen molar-refractivity contribution in [2.24, 2.45) is 0 Å². The van der Waals surface area contributed by atoms with E-state index in [4.69, 9.17) is 11.6 Å². The van der Waals surface area contributed by atoms with Gasteiger partial charge in [0.15, 0.2) is 0 Å². The van der Waals surface area contributed by atoms with Gasteiger partial charge in [-0.05, 0) is 42.2 Å². The normalized spacial score (nSPS) is 14.6. The molecule has 1 N–H and O–H groups in total. The molecule has 0 bridgehead atoms. The zero-order valence-corrected chi connectivity index (χ0v) is 12.9. The molecule has 2 nitrogen and oxygen atoms in total. The Kier molecular flexibility index (Phi) is 4.79. The molecule has 0 radical (unpaired) electrons. The van der Waals surface area contributed by atoms with Gasteiger partial charge in [-0.3, -0.25) is 0 Å². The molecule has 0 saturated carbocycles. The Morgan fingerprint density at radius 1 is 0.905 bits per heavy atom. The van der Waals surface area contributed by atoms with Crippen LogP contribution < -0.4 is 10.2 Å². The summed E-state index contributed by atoms with van der Waals surface area (Å²) in [5.74, 6) is 0. The first kappa shape index (κ1) is 14.4. The van der Waals surface area contributed by atoms with Gasteiger partial charge in [0, 0.05) is 36.9 Å². The van der Waals surface area contributed by atoms with E-state index in [0.29, 0.717) is 0 Å². The minimum atomic E-state index is 0.790. The fraction of sp³-hybridized carbons (Fsp3) is 0.333. The summed E-state index contributed by atoms with van der Waals surface area (Å²) in [6, 6.07) is 16.7. The lowest BCUT2D eigenvalue weighted by Crippen LogP contribution is -2.21. The number of halogens is 1. The summed E-state index contributed by atoms with van der Waals surface area (Å²) < 4.78 is 0. The van der Waals surface area contributed by atoms with Crippen LogP contribution in [0.1, 0.15) is 24.0 Å². The van der Waals surface area contributed by atoms with E-state index in [9.17, 15) is 0 Å². The van der Waals surface area contributed by atoms with Gasteiger partial charge in [0.05, 0.1) is 0 Å². The van der Waals surface area contributed by atoms with E-state index in [0.717, 1.165) is 18.1 Å². The highest BCUT2D eigenvalue weighted by molar-refractivity contribution is 6.30. The van der Waals surface area contributed by atoms with E-state index in [2.05, 4.69) is 46.6 Å². The van der Waals surface area contributed by atoms with E-state index in [-0.39, 0.29) is 0 Å². The molecule has 3 heteroatoms. The third-order valence-corrected chi connectivity index (χ3v) is 4.25. The number of hydrogen-bond donors (Lipinski definition) is 1. The molecule has 0 aliphatic carbocycles. The fourth-order valence-corrected chi connectivity index (χ4v) is 3.00. The molecule has 0 aromatic heterocycles. The maximum Gasteiger partial charge on any atom is 0.0411 e. The Bertz CT molecular complexity index is 574. The van der Waals surface area contributed by atoms with Crippen LogP contribution in [-0.2, 0) is 13.1 Å². The Labute approximate surface area is 131 Å². The lowest BCUT2D eigenvalue weighted by atomic mass is 10.1. The van der Waals surface area contributed by atoms with Gasteiger partial charge >= 0.3 is 0 Å². The molecular weight excluding hydrogens is 280 g/mol. The minimum Gasteiger partial charge on any atom is -0.371 e. The highest BCUT2D eigenvalue weighted by Gasteiger charge is 2.14. The van der Waals surface area contributed by atoms with Crippen molar-refractivity contribution in [2.75, 3.05) is 18.0 Å². The monoisotopic (exact) mass is 300 g/mol. The molecule has 2 aromatic carbocycles. The molecule has 1 aliphatic heterocycles. The molecule has 1 aliphatic rings. The zero-order valence-electron chi connectivity index (χ0n) is 12.2. The van der Waals surface area contributed by atoms with Crippen LogP contribution in [0.4, 0.5) is 5.69 Å².